The van der Waals surface area contributed by atoms with E-state index in [0.717, 1.165) is 9.47 Å². The average Bonchev–Trinajstić information content (AvgIpc) is 3.13. The first-order valence-corrected chi connectivity index (χ1v) is 8.21. The van der Waals surface area contributed by atoms with Crippen molar-refractivity contribution in [3.05, 3.63) is 60.2 Å². The Labute approximate surface area is 152 Å². The second-order valence-electron chi connectivity index (χ2n) is 6.33. The zero-order valence-electron chi connectivity index (χ0n) is 14.3. The van der Waals surface area contributed by atoms with Crippen molar-refractivity contribution in [1.82, 2.24) is 24.8 Å². The Bertz CT molecular complexity index is 1040. The molecule has 0 saturated carbocycles. The summed E-state index contributed by atoms with van der Waals surface area (Å²) in [5, 5.41) is 2.60. The van der Waals surface area contributed by atoms with Gasteiger partial charge in [-0.05, 0) is 31.2 Å². The number of pyridine rings is 1. The molecule has 0 aliphatic carbocycles. The van der Waals surface area contributed by atoms with Crippen molar-refractivity contribution >= 4 is 23.0 Å². The van der Waals surface area contributed by atoms with Crippen molar-refractivity contribution < 1.29 is 18.4 Å². The smallest absolute Gasteiger partial charge is 0.318 e. The topological polar surface area (TPSA) is 80.1 Å². The van der Waals surface area contributed by atoms with Gasteiger partial charge in [-0.3, -0.25) is 19.2 Å². The van der Waals surface area contributed by atoms with E-state index in [4.69, 9.17) is 0 Å². The molecule has 138 valence electrons. The summed E-state index contributed by atoms with van der Waals surface area (Å²) in [6, 6.07) is 10.8. The van der Waals surface area contributed by atoms with Gasteiger partial charge in [0.15, 0.2) is 5.54 Å². The van der Waals surface area contributed by atoms with Crippen LogP contribution in [0.4, 0.5) is 13.6 Å². The molecule has 3 amide bonds. The summed E-state index contributed by atoms with van der Waals surface area (Å²) in [4.78, 5) is 34.5. The van der Waals surface area contributed by atoms with Crippen LogP contribution in [0.25, 0.3) is 11.0 Å². The number of imide groups is 1. The molecular formula is C18H15F2N5O2. The number of aromatic nitrogens is 3. The highest BCUT2D eigenvalue weighted by molar-refractivity contribution is 6.06. The molecule has 0 spiro atoms. The number of benzene rings is 1. The van der Waals surface area contributed by atoms with Crippen LogP contribution in [-0.2, 0) is 16.9 Å². The van der Waals surface area contributed by atoms with Crippen molar-refractivity contribution in [2.45, 2.75) is 25.6 Å². The van der Waals surface area contributed by atoms with Gasteiger partial charge in [0.05, 0.1) is 23.3 Å². The zero-order valence-corrected chi connectivity index (χ0v) is 14.3. The summed E-state index contributed by atoms with van der Waals surface area (Å²) in [6.45, 7) is -1.69. The first-order valence-electron chi connectivity index (χ1n) is 8.21. The van der Waals surface area contributed by atoms with Crippen LogP contribution < -0.4 is 5.32 Å². The Morgan fingerprint density at radius 2 is 1.89 bits per heavy atom. The maximum atomic E-state index is 13.6. The van der Waals surface area contributed by atoms with Gasteiger partial charge in [0.2, 0.25) is 0 Å². The highest BCUT2D eigenvalue weighted by atomic mass is 19.3. The Hall–Kier alpha value is -3.36. The number of nitrogens with one attached hydrogen (secondary N) is 1. The summed E-state index contributed by atoms with van der Waals surface area (Å²) < 4.78 is 27.9. The minimum absolute atomic E-state index is 0.0695. The number of alkyl halides is 2. The molecule has 1 aromatic carbocycles. The summed E-state index contributed by atoms with van der Waals surface area (Å²) in [7, 11) is 0. The van der Waals surface area contributed by atoms with Gasteiger partial charge in [0.1, 0.15) is 5.82 Å². The van der Waals surface area contributed by atoms with Gasteiger partial charge in [-0.1, -0.05) is 18.2 Å². The number of urea groups is 1. The first-order chi connectivity index (χ1) is 12.9. The summed E-state index contributed by atoms with van der Waals surface area (Å²) >= 11 is 0. The molecule has 0 radical (unpaired) electrons. The van der Waals surface area contributed by atoms with Crippen LogP contribution in [0.1, 0.15) is 25.0 Å². The maximum Gasteiger partial charge on any atom is 0.325 e. The molecule has 1 aliphatic rings. The number of hydrogen-bond donors (Lipinski definition) is 1. The second kappa shape index (κ2) is 6.11. The van der Waals surface area contributed by atoms with Crippen LogP contribution in [-0.4, -0.2) is 31.4 Å². The van der Waals surface area contributed by atoms with Crippen LogP contribution in [0.5, 0.6) is 0 Å². The fourth-order valence-corrected chi connectivity index (χ4v) is 3.24. The highest BCUT2D eigenvalue weighted by Gasteiger charge is 2.50. The molecule has 1 N–H and O–H groups in total. The monoisotopic (exact) mass is 371 g/mol. The normalized spacial score (nSPS) is 19.9. The number of halogens is 2. The van der Waals surface area contributed by atoms with Crippen LogP contribution in [0.15, 0.2) is 48.7 Å². The lowest BCUT2D eigenvalue weighted by atomic mass is 9.97. The van der Waals surface area contributed by atoms with Crippen molar-refractivity contribution in [2.24, 2.45) is 0 Å². The molecule has 1 unspecified atom stereocenters. The zero-order chi connectivity index (χ0) is 19.2. The molecule has 1 aliphatic heterocycles. The van der Waals surface area contributed by atoms with Gasteiger partial charge in [0, 0.05) is 6.20 Å². The highest BCUT2D eigenvalue weighted by Crippen LogP contribution is 2.30. The van der Waals surface area contributed by atoms with Crippen LogP contribution in [0.2, 0.25) is 0 Å². The number of imidazole rings is 1. The molecule has 3 heterocycles. The quantitative estimate of drug-likeness (QED) is 0.715. The van der Waals surface area contributed by atoms with E-state index >= 15 is 0 Å². The Morgan fingerprint density at radius 3 is 2.59 bits per heavy atom. The number of amides is 3. The predicted molar refractivity (Wildman–Crippen MR) is 91.7 cm³/mol. The third-order valence-corrected chi connectivity index (χ3v) is 4.62. The molecule has 27 heavy (non-hydrogen) atoms. The second-order valence-corrected chi connectivity index (χ2v) is 6.33. The van der Waals surface area contributed by atoms with Crippen molar-refractivity contribution in [3.63, 3.8) is 0 Å². The lowest BCUT2D eigenvalue weighted by Crippen LogP contribution is -2.41. The third-order valence-electron chi connectivity index (χ3n) is 4.62. The summed E-state index contributed by atoms with van der Waals surface area (Å²) in [6.07, 6.45) is 1.51. The van der Waals surface area contributed by atoms with Crippen molar-refractivity contribution in [2.75, 3.05) is 0 Å². The van der Waals surface area contributed by atoms with E-state index in [2.05, 4.69) is 15.3 Å². The molecule has 2 aromatic heterocycles. The largest absolute Gasteiger partial charge is 0.325 e. The van der Waals surface area contributed by atoms with Crippen molar-refractivity contribution in [1.29, 1.82) is 0 Å². The molecule has 1 atom stereocenters. The fraction of sp³-hybridized carbons (Fsp3) is 0.222. The van der Waals surface area contributed by atoms with E-state index in [1.807, 2.05) is 0 Å². The van der Waals surface area contributed by atoms with E-state index < -0.39 is 24.0 Å². The molecule has 7 nitrogen and oxygen atoms in total. The van der Waals surface area contributed by atoms with E-state index in [9.17, 15) is 18.4 Å². The molecule has 9 heteroatoms. The molecule has 1 fully saturated rings. The minimum Gasteiger partial charge on any atom is -0.318 e. The van der Waals surface area contributed by atoms with E-state index in [-0.39, 0.29) is 17.9 Å². The SMILES string of the molecule is CC1(c2ccccn2)NC(=O)N(Cc2nc3ccccc3n2C(F)F)C1=O. The van der Waals surface area contributed by atoms with E-state index in [1.54, 1.807) is 36.4 Å². The number of para-hydroxylation sites is 2. The van der Waals surface area contributed by atoms with Gasteiger partial charge in [-0.2, -0.15) is 8.78 Å². The first kappa shape index (κ1) is 17.1. The van der Waals surface area contributed by atoms with E-state index in [0.29, 0.717) is 11.2 Å². The maximum absolute atomic E-state index is 13.6. The number of carbonyl (C=O) groups is 2. The van der Waals surface area contributed by atoms with Gasteiger partial charge in [-0.25, -0.2) is 9.78 Å². The third kappa shape index (κ3) is 2.62. The van der Waals surface area contributed by atoms with Crippen LogP contribution >= 0.6 is 0 Å². The van der Waals surface area contributed by atoms with Crippen LogP contribution in [0, 0.1) is 0 Å². The van der Waals surface area contributed by atoms with Gasteiger partial charge >= 0.3 is 12.6 Å². The van der Waals surface area contributed by atoms with E-state index in [1.165, 1.54) is 19.2 Å². The Morgan fingerprint density at radius 1 is 1.15 bits per heavy atom. The number of nitrogens with zero attached hydrogens (tertiary/aromatic N) is 4. The van der Waals surface area contributed by atoms with Gasteiger partial charge in [0.25, 0.3) is 5.91 Å². The van der Waals surface area contributed by atoms with Gasteiger partial charge in [-0.15, -0.1) is 0 Å². The van der Waals surface area contributed by atoms with Crippen molar-refractivity contribution in [3.8, 4) is 0 Å². The number of rotatable bonds is 4. The Balaban J connectivity index is 1.72. The number of carbonyl (C=O) groups excluding carboxylic acids is 2. The van der Waals surface area contributed by atoms with Gasteiger partial charge < -0.3 is 5.32 Å². The number of hydrogen-bond acceptors (Lipinski definition) is 4. The lowest BCUT2D eigenvalue weighted by Gasteiger charge is -2.21. The standard InChI is InChI=1S/C18H15F2N5O2/c1-18(13-8-4-5-9-21-13)15(26)24(17(27)23-18)10-14-22-11-6-2-3-7-12(11)25(14)16(19)20/h2-9,16H,10H2,1H3,(H,23,27). The molecule has 0 bridgehead atoms. The summed E-state index contributed by atoms with van der Waals surface area (Å²) in [5.41, 5.74) is -0.386. The summed E-state index contributed by atoms with van der Waals surface area (Å²) in [5.74, 6) is -0.640. The fourth-order valence-electron chi connectivity index (χ4n) is 3.24. The lowest BCUT2D eigenvalue weighted by molar-refractivity contribution is -0.131. The number of fused-ring (bicyclic) bond motifs is 1. The average molecular weight is 371 g/mol. The predicted octanol–water partition coefficient (Wildman–Crippen LogP) is 2.79. The Kier molecular flexibility index (Phi) is 3.87. The molecule has 3 aromatic rings. The molecular weight excluding hydrogens is 356 g/mol. The molecule has 4 rings (SSSR count). The minimum atomic E-state index is -2.85. The molecule has 1 saturated heterocycles. The van der Waals surface area contributed by atoms with Crippen LogP contribution in [0.3, 0.4) is 0 Å².